The zero-order chi connectivity index (χ0) is 48.7. The van der Waals surface area contributed by atoms with Crippen LogP contribution in [0, 0.1) is 28.1 Å². The van der Waals surface area contributed by atoms with Crippen LogP contribution in [0.25, 0.3) is 0 Å². The van der Waals surface area contributed by atoms with Gasteiger partial charge in [-0.05, 0) is 86.5 Å². The molecule has 0 radical (unpaired) electrons. The van der Waals surface area contributed by atoms with E-state index in [-0.39, 0.29) is 11.8 Å². The molecule has 67 heavy (non-hydrogen) atoms. The number of aliphatic hydroxyl groups excluding tert-OH is 14. The number of carbonyl (C=O) groups excluding carboxylic acids is 1. The average molecular weight is 967 g/mol. The van der Waals surface area contributed by atoms with E-state index in [9.17, 15) is 76.3 Å². The highest BCUT2D eigenvalue weighted by Gasteiger charge is 2.70. The molecule has 384 valence electrons. The maximum Gasteiger partial charge on any atom is 0.314 e. The number of ether oxygens (including phenoxy) is 8. The van der Waals surface area contributed by atoms with Crippen molar-refractivity contribution in [2.75, 3.05) is 26.4 Å². The Kier molecular flexibility index (Phi) is 15.0. The second kappa shape index (κ2) is 19.4. The van der Waals surface area contributed by atoms with Gasteiger partial charge in [-0.15, -0.1) is 0 Å². The summed E-state index contributed by atoms with van der Waals surface area (Å²) in [6.07, 6.45) is -29.1. The van der Waals surface area contributed by atoms with Gasteiger partial charge in [0.2, 0.25) is 6.29 Å². The molecular weight excluding hydrogens is 896 g/mol. The van der Waals surface area contributed by atoms with E-state index in [1.807, 2.05) is 6.92 Å². The number of carbonyl (C=O) groups is 1. The number of hydrogen-bond donors (Lipinski definition) is 14. The first-order valence-corrected chi connectivity index (χ1v) is 23.4. The second-order valence-electron chi connectivity index (χ2n) is 20.8. The molecule has 4 heterocycles. The Morgan fingerprint density at radius 2 is 1.03 bits per heavy atom. The second-order valence-corrected chi connectivity index (χ2v) is 20.8. The Bertz CT molecular complexity index is 1760. The highest BCUT2D eigenvalue weighted by molar-refractivity contribution is 5.77. The van der Waals surface area contributed by atoms with E-state index < -0.39 is 177 Å². The lowest BCUT2D eigenvalue weighted by atomic mass is 9.41. The molecule has 8 unspecified atom stereocenters. The van der Waals surface area contributed by atoms with Gasteiger partial charge in [0.15, 0.2) is 18.9 Å². The van der Waals surface area contributed by atoms with Crippen LogP contribution in [0.15, 0.2) is 12.2 Å². The summed E-state index contributed by atoms with van der Waals surface area (Å²) in [6.45, 7) is 5.41. The van der Waals surface area contributed by atoms with Crippen molar-refractivity contribution in [2.24, 2.45) is 28.1 Å². The molecular formula is C44H70O23. The standard InChI is InChI=1S/C44H70O23/c1-17-11-43-9-5-22-41(2,7-4-8-42(22,3)40(59)66-38-33(58)30(55)26(51)20(14-47)62-38)23(43)6-10-44(17,16-43)67-39-35(65-37-32(57)29(54)25(50)19(13-46)61-37)34(27(52)21(15-48)63-39)64-36-31(56)28(53)24(49)18(12-45)60-36/h18-39,45-58H,1,4-16H2,2-3H3/t18?,19?,20?,21?,22-,23-,24+,25+,26+,27+,28+,29+,30+,31?,32?,33?,34+,35?,36-,37-,38-,39-,41+,42+,43+,44-/m0/s1. The van der Waals surface area contributed by atoms with Gasteiger partial charge >= 0.3 is 5.97 Å². The summed E-state index contributed by atoms with van der Waals surface area (Å²) in [7, 11) is 0. The van der Waals surface area contributed by atoms with Crippen molar-refractivity contribution < 1.29 is 114 Å². The van der Waals surface area contributed by atoms with Crippen molar-refractivity contribution in [3.63, 3.8) is 0 Å². The fraction of sp³-hybridized carbons (Fsp3) is 0.932. The number of hydrogen-bond acceptors (Lipinski definition) is 23. The van der Waals surface area contributed by atoms with E-state index in [1.54, 1.807) is 0 Å². The van der Waals surface area contributed by atoms with E-state index in [2.05, 4.69) is 13.5 Å². The van der Waals surface area contributed by atoms with Crippen LogP contribution in [0.4, 0.5) is 0 Å². The number of rotatable bonds is 12. The Morgan fingerprint density at radius 1 is 0.567 bits per heavy atom. The first kappa shape index (κ1) is 51.7. The monoisotopic (exact) mass is 966 g/mol. The van der Waals surface area contributed by atoms with Gasteiger partial charge in [0, 0.05) is 0 Å². The molecule has 2 bridgehead atoms. The summed E-state index contributed by atoms with van der Waals surface area (Å²) >= 11 is 0. The first-order valence-electron chi connectivity index (χ1n) is 23.4. The van der Waals surface area contributed by atoms with Gasteiger partial charge in [0.1, 0.15) is 97.7 Å². The maximum absolute atomic E-state index is 14.3. The van der Waals surface area contributed by atoms with Crippen molar-refractivity contribution in [3.8, 4) is 0 Å². The maximum atomic E-state index is 14.3. The smallest absolute Gasteiger partial charge is 0.314 e. The zero-order valence-electron chi connectivity index (χ0n) is 37.5. The molecule has 0 aromatic heterocycles. The van der Waals surface area contributed by atoms with E-state index in [4.69, 9.17) is 37.9 Å². The minimum atomic E-state index is -1.95. The largest absolute Gasteiger partial charge is 0.432 e. The van der Waals surface area contributed by atoms with Crippen LogP contribution in [-0.4, -0.2) is 232 Å². The van der Waals surface area contributed by atoms with Crippen LogP contribution in [0.5, 0.6) is 0 Å². The summed E-state index contributed by atoms with van der Waals surface area (Å²) in [6, 6.07) is 0. The molecule has 4 saturated heterocycles. The van der Waals surface area contributed by atoms with Crippen LogP contribution in [0.2, 0.25) is 0 Å². The molecule has 26 atom stereocenters. The molecule has 14 N–H and O–H groups in total. The Morgan fingerprint density at radius 3 is 1.57 bits per heavy atom. The molecule has 23 nitrogen and oxygen atoms in total. The predicted octanol–water partition coefficient (Wildman–Crippen LogP) is -5.11. The van der Waals surface area contributed by atoms with Crippen LogP contribution in [0.3, 0.4) is 0 Å². The number of aliphatic hydroxyl groups is 14. The molecule has 0 aromatic carbocycles. The highest BCUT2D eigenvalue weighted by atomic mass is 16.8. The van der Waals surface area contributed by atoms with Crippen molar-refractivity contribution in [3.05, 3.63) is 12.2 Å². The van der Waals surface area contributed by atoms with E-state index in [0.29, 0.717) is 56.9 Å². The summed E-state index contributed by atoms with van der Waals surface area (Å²) < 4.78 is 48.2. The van der Waals surface area contributed by atoms with Crippen LogP contribution >= 0.6 is 0 Å². The molecule has 0 amide bonds. The van der Waals surface area contributed by atoms with Gasteiger partial charge in [-0.25, -0.2) is 0 Å². The fourth-order valence-corrected chi connectivity index (χ4v) is 13.5. The van der Waals surface area contributed by atoms with Crippen LogP contribution < -0.4 is 0 Å². The minimum Gasteiger partial charge on any atom is -0.432 e. The third kappa shape index (κ3) is 8.63. The molecule has 0 aromatic rings. The number of esters is 1. The van der Waals surface area contributed by atoms with Crippen LogP contribution in [0.1, 0.15) is 71.6 Å². The van der Waals surface area contributed by atoms with Gasteiger partial charge in [-0.2, -0.15) is 0 Å². The summed E-state index contributed by atoms with van der Waals surface area (Å²) in [5.41, 5.74) is -2.33. The van der Waals surface area contributed by atoms with Crippen molar-refractivity contribution >= 4 is 5.97 Å². The Balaban J connectivity index is 1.06. The summed E-state index contributed by atoms with van der Waals surface area (Å²) in [4.78, 5) is 14.3. The fourth-order valence-electron chi connectivity index (χ4n) is 13.5. The Hall–Kier alpha value is -1.63. The highest BCUT2D eigenvalue weighted by Crippen LogP contribution is 2.74. The molecule has 4 aliphatic heterocycles. The zero-order valence-corrected chi connectivity index (χ0v) is 37.5. The lowest BCUT2D eigenvalue weighted by Crippen LogP contribution is -2.68. The lowest BCUT2D eigenvalue weighted by molar-refractivity contribution is -0.400. The molecule has 4 aliphatic carbocycles. The third-order valence-corrected chi connectivity index (χ3v) is 17.1. The van der Waals surface area contributed by atoms with Gasteiger partial charge in [0.05, 0.1) is 37.4 Å². The molecule has 1 spiro atoms. The van der Waals surface area contributed by atoms with Crippen molar-refractivity contribution in [1.82, 2.24) is 0 Å². The predicted molar refractivity (Wildman–Crippen MR) is 219 cm³/mol. The quantitative estimate of drug-likeness (QED) is 0.0494. The topological polar surface area (TPSA) is 374 Å². The van der Waals surface area contributed by atoms with Crippen LogP contribution in [-0.2, 0) is 42.7 Å². The average Bonchev–Trinajstić information content (AvgIpc) is 3.50. The first-order chi connectivity index (χ1) is 31.6. The van der Waals surface area contributed by atoms with Crippen molar-refractivity contribution in [2.45, 2.75) is 200 Å². The number of fused-ring (bicyclic) bond motifs is 3. The SMILES string of the molecule is C=C1C[C@@]23CC[C@H]4[C@@](C)(CCC[C@@]4(C)C(=O)O[C@@H]4OC(CO)[C@@H](O)[C@@H](O)C4O)[C@@H]2CC[C@]1(O[C@@H]1OC(CO)[C@@H](O)[C@@H](O[C@@H]2OC(CO)[C@@H](O)[C@@H](O)C2O)C1O[C@@H]1OC(CO)[C@@H](O)[C@@H](O)C1O)C3. The third-order valence-electron chi connectivity index (χ3n) is 17.1. The molecule has 8 fully saturated rings. The molecule has 8 aliphatic rings. The minimum absolute atomic E-state index is 0.0251. The molecule has 23 heteroatoms. The summed E-state index contributed by atoms with van der Waals surface area (Å²) in [5.74, 6) is -0.805. The van der Waals surface area contributed by atoms with Gasteiger partial charge in [0.25, 0.3) is 0 Å². The normalized spacial score (nSPS) is 54.5. The van der Waals surface area contributed by atoms with E-state index >= 15 is 0 Å². The Labute approximate surface area is 386 Å². The molecule has 8 rings (SSSR count). The summed E-state index contributed by atoms with van der Waals surface area (Å²) in [5, 5.41) is 148. The van der Waals surface area contributed by atoms with Gasteiger partial charge < -0.3 is 109 Å². The lowest BCUT2D eigenvalue weighted by Gasteiger charge is -2.64. The van der Waals surface area contributed by atoms with Gasteiger partial charge in [-0.1, -0.05) is 19.9 Å². The van der Waals surface area contributed by atoms with E-state index in [0.717, 1.165) is 6.42 Å². The van der Waals surface area contributed by atoms with Gasteiger partial charge in [-0.3, -0.25) is 4.79 Å². The van der Waals surface area contributed by atoms with E-state index in [1.165, 1.54) is 0 Å². The van der Waals surface area contributed by atoms with Crippen molar-refractivity contribution in [1.29, 1.82) is 0 Å². The molecule has 4 saturated carbocycles.